The molecular weight excluding hydrogens is 282 g/mol. The van der Waals surface area contributed by atoms with Gasteiger partial charge >= 0.3 is 0 Å². The van der Waals surface area contributed by atoms with E-state index in [1.54, 1.807) is 6.07 Å². The van der Waals surface area contributed by atoms with Crippen LogP contribution in [0.2, 0.25) is 5.02 Å². The van der Waals surface area contributed by atoms with Crippen LogP contribution in [-0.4, -0.2) is 49.1 Å². The second-order valence-corrected chi connectivity index (χ2v) is 5.85. The third kappa shape index (κ3) is 3.19. The van der Waals surface area contributed by atoms with Crippen LogP contribution in [0.25, 0.3) is 0 Å². The number of nitrogens with one attached hydrogen (secondary N) is 1. The first-order valence-corrected chi connectivity index (χ1v) is 6.88. The van der Waals surface area contributed by atoms with Crippen LogP contribution in [0.4, 0.5) is 0 Å². The summed E-state index contributed by atoms with van der Waals surface area (Å²) in [6.07, 6.45) is 0. The Labute approximate surface area is 110 Å². The molecule has 0 aromatic heterocycles. The van der Waals surface area contributed by atoms with Crippen LogP contribution in [0.15, 0.2) is 29.2 Å². The van der Waals surface area contributed by atoms with E-state index in [9.17, 15) is 8.42 Å². The van der Waals surface area contributed by atoms with Gasteiger partial charge in [0.2, 0.25) is 10.0 Å². The molecule has 0 saturated heterocycles. The van der Waals surface area contributed by atoms with E-state index in [1.807, 2.05) is 0 Å². The highest BCUT2D eigenvalue weighted by molar-refractivity contribution is 7.89. The summed E-state index contributed by atoms with van der Waals surface area (Å²) < 4.78 is 26.1. The smallest absolute Gasteiger partial charge is 0.242 e. The third-order valence-corrected chi connectivity index (χ3v) is 4.46. The molecule has 18 heavy (non-hydrogen) atoms. The fourth-order valence-electron chi connectivity index (χ4n) is 1.25. The highest BCUT2D eigenvalue weighted by Gasteiger charge is 2.34. The summed E-state index contributed by atoms with van der Waals surface area (Å²) in [4.78, 5) is -0.189. The first-order valence-electron chi connectivity index (χ1n) is 5.02. The van der Waals surface area contributed by atoms with Crippen molar-refractivity contribution in [1.82, 2.24) is 4.72 Å². The summed E-state index contributed by atoms with van der Waals surface area (Å²) in [6.45, 7) is -2.24. The molecule has 0 unspecified atom stereocenters. The van der Waals surface area contributed by atoms with Crippen molar-refractivity contribution >= 4 is 21.6 Å². The van der Waals surface area contributed by atoms with E-state index in [0.717, 1.165) is 0 Å². The number of halogens is 1. The van der Waals surface area contributed by atoms with Crippen LogP contribution in [0.5, 0.6) is 0 Å². The largest absolute Gasteiger partial charge is 0.394 e. The Morgan fingerprint density at radius 1 is 1.11 bits per heavy atom. The lowest BCUT2D eigenvalue weighted by Crippen LogP contribution is -2.56. The number of hydrogen-bond donors (Lipinski definition) is 4. The standard InChI is InChI=1S/C10H14ClNO5S/c11-8-3-1-2-4-9(8)18(16,17)12-10(5-13,6-14)7-15/h1-4,12-15H,5-7H2. The molecule has 6 nitrogen and oxygen atoms in total. The number of benzene rings is 1. The van der Waals surface area contributed by atoms with Gasteiger partial charge in [0, 0.05) is 0 Å². The monoisotopic (exact) mass is 295 g/mol. The van der Waals surface area contributed by atoms with Crippen molar-refractivity contribution in [2.75, 3.05) is 19.8 Å². The lowest BCUT2D eigenvalue weighted by atomic mass is 10.1. The average Bonchev–Trinajstić information content (AvgIpc) is 2.36. The predicted molar refractivity (Wildman–Crippen MR) is 65.8 cm³/mol. The first kappa shape index (κ1) is 15.4. The number of rotatable bonds is 6. The molecule has 0 bridgehead atoms. The molecule has 0 aliphatic carbocycles. The Kier molecular flexibility index (Phi) is 5.09. The Bertz CT molecular complexity index is 492. The maximum absolute atomic E-state index is 12.0. The molecule has 0 saturated carbocycles. The van der Waals surface area contributed by atoms with Crippen LogP contribution >= 0.6 is 11.6 Å². The van der Waals surface area contributed by atoms with Gasteiger partial charge in [-0.1, -0.05) is 23.7 Å². The van der Waals surface area contributed by atoms with Gasteiger partial charge in [-0.05, 0) is 12.1 Å². The van der Waals surface area contributed by atoms with Crippen LogP contribution in [0.1, 0.15) is 0 Å². The molecule has 0 fully saturated rings. The van der Waals surface area contributed by atoms with E-state index in [-0.39, 0.29) is 9.92 Å². The van der Waals surface area contributed by atoms with Gasteiger partial charge in [-0.2, -0.15) is 4.72 Å². The Morgan fingerprint density at radius 2 is 1.61 bits per heavy atom. The minimum absolute atomic E-state index is 0.00715. The SMILES string of the molecule is O=S(=O)(NC(CO)(CO)CO)c1ccccc1Cl. The van der Waals surface area contributed by atoms with E-state index < -0.39 is 35.4 Å². The molecule has 8 heteroatoms. The summed E-state index contributed by atoms with van der Waals surface area (Å²) >= 11 is 5.76. The van der Waals surface area contributed by atoms with E-state index >= 15 is 0 Å². The van der Waals surface area contributed by atoms with Gasteiger partial charge in [0.1, 0.15) is 10.4 Å². The molecule has 1 aromatic rings. The van der Waals surface area contributed by atoms with Crippen molar-refractivity contribution in [3.05, 3.63) is 29.3 Å². The Morgan fingerprint density at radius 3 is 2.06 bits per heavy atom. The fourth-order valence-corrected chi connectivity index (χ4v) is 3.15. The number of hydrogen-bond acceptors (Lipinski definition) is 5. The molecule has 4 N–H and O–H groups in total. The molecule has 0 aliphatic rings. The predicted octanol–water partition coefficient (Wildman–Crippen LogP) is -0.666. The number of aliphatic hydroxyl groups is 3. The summed E-state index contributed by atoms with van der Waals surface area (Å²) in [5.41, 5.74) is -1.72. The third-order valence-electron chi connectivity index (χ3n) is 2.39. The maximum atomic E-state index is 12.0. The van der Waals surface area contributed by atoms with E-state index in [4.69, 9.17) is 26.9 Å². The molecule has 0 heterocycles. The zero-order chi connectivity index (χ0) is 13.8. The topological polar surface area (TPSA) is 107 Å². The average molecular weight is 296 g/mol. The minimum atomic E-state index is -4.05. The summed E-state index contributed by atoms with van der Waals surface area (Å²) in [5.74, 6) is 0. The van der Waals surface area contributed by atoms with Gasteiger partial charge in [0.15, 0.2) is 0 Å². The van der Waals surface area contributed by atoms with Crippen LogP contribution in [0.3, 0.4) is 0 Å². The van der Waals surface area contributed by atoms with Gasteiger partial charge in [0.05, 0.1) is 24.8 Å². The molecular formula is C10H14ClNO5S. The van der Waals surface area contributed by atoms with Crippen molar-refractivity contribution in [2.24, 2.45) is 0 Å². The molecule has 1 rings (SSSR count). The van der Waals surface area contributed by atoms with Gasteiger partial charge in [-0.15, -0.1) is 0 Å². The second kappa shape index (κ2) is 5.96. The minimum Gasteiger partial charge on any atom is -0.394 e. The highest BCUT2D eigenvalue weighted by Crippen LogP contribution is 2.21. The molecule has 0 spiro atoms. The van der Waals surface area contributed by atoms with Crippen molar-refractivity contribution in [2.45, 2.75) is 10.4 Å². The zero-order valence-corrected chi connectivity index (χ0v) is 10.9. The molecule has 0 aliphatic heterocycles. The summed E-state index contributed by atoms with van der Waals surface area (Å²) in [7, 11) is -4.05. The van der Waals surface area contributed by atoms with E-state index in [0.29, 0.717) is 0 Å². The molecule has 0 atom stereocenters. The normalized spacial score (nSPS) is 12.7. The Hall–Kier alpha value is -0.700. The Balaban J connectivity index is 3.13. The van der Waals surface area contributed by atoms with E-state index in [2.05, 4.69) is 4.72 Å². The summed E-state index contributed by atoms with van der Waals surface area (Å²) in [5, 5.41) is 27.2. The van der Waals surface area contributed by atoms with Crippen molar-refractivity contribution in [1.29, 1.82) is 0 Å². The second-order valence-electron chi connectivity index (χ2n) is 3.79. The molecule has 0 amide bonds. The quantitative estimate of drug-likeness (QED) is 0.557. The van der Waals surface area contributed by atoms with Crippen molar-refractivity contribution in [3.8, 4) is 0 Å². The van der Waals surface area contributed by atoms with E-state index in [1.165, 1.54) is 18.2 Å². The lowest BCUT2D eigenvalue weighted by molar-refractivity contribution is 0.0582. The van der Waals surface area contributed by atoms with Gasteiger partial charge < -0.3 is 15.3 Å². The fraction of sp³-hybridized carbons (Fsp3) is 0.400. The number of aliphatic hydroxyl groups excluding tert-OH is 3. The number of sulfonamides is 1. The highest BCUT2D eigenvalue weighted by atomic mass is 35.5. The molecule has 1 aromatic carbocycles. The van der Waals surface area contributed by atoms with Crippen LogP contribution in [0, 0.1) is 0 Å². The van der Waals surface area contributed by atoms with Gasteiger partial charge in [-0.3, -0.25) is 0 Å². The first-order chi connectivity index (χ1) is 8.40. The van der Waals surface area contributed by atoms with Gasteiger partial charge in [-0.25, -0.2) is 8.42 Å². The van der Waals surface area contributed by atoms with Crippen molar-refractivity contribution < 1.29 is 23.7 Å². The molecule has 102 valence electrons. The molecule has 0 radical (unpaired) electrons. The van der Waals surface area contributed by atoms with Crippen molar-refractivity contribution in [3.63, 3.8) is 0 Å². The van der Waals surface area contributed by atoms with Crippen LogP contribution in [-0.2, 0) is 10.0 Å². The lowest BCUT2D eigenvalue weighted by Gasteiger charge is -2.28. The zero-order valence-electron chi connectivity index (χ0n) is 9.38. The van der Waals surface area contributed by atoms with Crippen LogP contribution < -0.4 is 4.72 Å². The maximum Gasteiger partial charge on any atom is 0.242 e. The summed E-state index contributed by atoms with van der Waals surface area (Å²) in [6, 6.07) is 5.73. The van der Waals surface area contributed by atoms with Gasteiger partial charge in [0.25, 0.3) is 0 Å².